The van der Waals surface area contributed by atoms with Gasteiger partial charge in [-0.3, -0.25) is 4.79 Å². The number of nitrogens with zero attached hydrogens (tertiary/aromatic N) is 1. The van der Waals surface area contributed by atoms with E-state index < -0.39 is 12.2 Å². The Labute approximate surface area is 117 Å². The Hall–Kier alpha value is -2.08. The maximum atomic E-state index is 11.6. The molecular formula is C14H18N2O4. The van der Waals surface area contributed by atoms with Crippen LogP contribution in [0.4, 0.5) is 4.79 Å². The predicted octanol–water partition coefficient (Wildman–Crippen LogP) is 0.590. The maximum absolute atomic E-state index is 11.6. The second-order valence-corrected chi connectivity index (χ2v) is 4.93. The van der Waals surface area contributed by atoms with Crippen LogP contribution in [0.25, 0.3) is 0 Å². The number of benzene rings is 1. The van der Waals surface area contributed by atoms with Gasteiger partial charge in [-0.25, -0.2) is 4.79 Å². The number of hydrogen-bond acceptors (Lipinski definition) is 3. The number of aliphatic hydroxyl groups is 1. The number of rotatable bonds is 5. The fourth-order valence-corrected chi connectivity index (χ4v) is 2.25. The lowest BCUT2D eigenvalue weighted by Crippen LogP contribution is -2.25. The number of carbonyl (C=O) groups excluding carboxylic acids is 1. The standard InChI is InChI=1S/C14H18N2O4/c17-12-7-13(18)16(9-12)8-11-3-1-10(2-4-11)5-6-15-14(19)20/h1-4,12,15,17H,5-9H2,(H,19,20)/t12-/m1/s1. The highest BCUT2D eigenvalue weighted by Gasteiger charge is 2.27. The summed E-state index contributed by atoms with van der Waals surface area (Å²) in [6, 6.07) is 7.70. The molecule has 2 amide bonds. The van der Waals surface area contributed by atoms with Gasteiger partial charge in [0.1, 0.15) is 0 Å². The van der Waals surface area contributed by atoms with Crippen LogP contribution < -0.4 is 5.32 Å². The van der Waals surface area contributed by atoms with Crippen molar-refractivity contribution in [1.82, 2.24) is 10.2 Å². The molecule has 3 N–H and O–H groups in total. The molecular weight excluding hydrogens is 260 g/mol. The van der Waals surface area contributed by atoms with Gasteiger partial charge < -0.3 is 20.4 Å². The predicted molar refractivity (Wildman–Crippen MR) is 72.2 cm³/mol. The summed E-state index contributed by atoms with van der Waals surface area (Å²) < 4.78 is 0. The van der Waals surface area contributed by atoms with Crippen molar-refractivity contribution in [3.05, 3.63) is 35.4 Å². The quantitative estimate of drug-likeness (QED) is 0.735. The second kappa shape index (κ2) is 6.38. The molecule has 1 saturated heterocycles. The summed E-state index contributed by atoms with van der Waals surface area (Å²) in [6.45, 7) is 1.28. The van der Waals surface area contributed by atoms with Crippen molar-refractivity contribution >= 4 is 12.0 Å². The van der Waals surface area contributed by atoms with Crippen molar-refractivity contribution in [2.75, 3.05) is 13.1 Å². The van der Waals surface area contributed by atoms with E-state index in [0.29, 0.717) is 26.1 Å². The maximum Gasteiger partial charge on any atom is 0.404 e. The average molecular weight is 278 g/mol. The third-order valence-corrected chi connectivity index (χ3v) is 3.28. The lowest BCUT2D eigenvalue weighted by Gasteiger charge is -2.15. The van der Waals surface area contributed by atoms with Gasteiger partial charge in [-0.05, 0) is 17.5 Å². The van der Waals surface area contributed by atoms with E-state index in [-0.39, 0.29) is 12.3 Å². The van der Waals surface area contributed by atoms with E-state index in [1.165, 1.54) is 0 Å². The minimum atomic E-state index is -1.02. The Bertz CT molecular complexity index is 486. The van der Waals surface area contributed by atoms with Crippen LogP contribution in [0.3, 0.4) is 0 Å². The van der Waals surface area contributed by atoms with Crippen molar-refractivity contribution in [2.45, 2.75) is 25.5 Å². The zero-order valence-corrected chi connectivity index (χ0v) is 11.1. The number of likely N-dealkylation sites (tertiary alicyclic amines) is 1. The summed E-state index contributed by atoms with van der Waals surface area (Å²) in [4.78, 5) is 23.5. The fraction of sp³-hybridized carbons (Fsp3) is 0.429. The number of nitrogens with one attached hydrogen (secondary N) is 1. The van der Waals surface area contributed by atoms with E-state index in [4.69, 9.17) is 5.11 Å². The van der Waals surface area contributed by atoms with Crippen molar-refractivity contribution < 1.29 is 19.8 Å². The molecule has 1 aliphatic rings. The highest BCUT2D eigenvalue weighted by Crippen LogP contribution is 2.15. The average Bonchev–Trinajstić information content (AvgIpc) is 2.69. The first kappa shape index (κ1) is 14.3. The van der Waals surface area contributed by atoms with Crippen molar-refractivity contribution in [3.63, 3.8) is 0 Å². The van der Waals surface area contributed by atoms with E-state index in [1.807, 2.05) is 24.3 Å². The van der Waals surface area contributed by atoms with Gasteiger partial charge in [-0.15, -0.1) is 0 Å². The lowest BCUT2D eigenvalue weighted by atomic mass is 10.1. The smallest absolute Gasteiger partial charge is 0.404 e. The summed E-state index contributed by atoms with van der Waals surface area (Å²) in [5.74, 6) is -0.0211. The molecule has 0 unspecified atom stereocenters. The van der Waals surface area contributed by atoms with Crippen LogP contribution >= 0.6 is 0 Å². The largest absolute Gasteiger partial charge is 0.465 e. The minimum Gasteiger partial charge on any atom is -0.465 e. The third-order valence-electron chi connectivity index (χ3n) is 3.28. The first-order chi connectivity index (χ1) is 9.54. The van der Waals surface area contributed by atoms with Crippen LogP contribution in [-0.2, 0) is 17.8 Å². The van der Waals surface area contributed by atoms with E-state index >= 15 is 0 Å². The summed E-state index contributed by atoms with van der Waals surface area (Å²) in [6.07, 6.45) is -0.732. The Morgan fingerprint density at radius 3 is 2.50 bits per heavy atom. The Morgan fingerprint density at radius 2 is 1.95 bits per heavy atom. The number of carboxylic acid groups (broad SMARTS) is 1. The van der Waals surface area contributed by atoms with Gasteiger partial charge in [0.25, 0.3) is 0 Å². The van der Waals surface area contributed by atoms with Gasteiger partial charge in [0, 0.05) is 19.6 Å². The Morgan fingerprint density at radius 1 is 1.30 bits per heavy atom. The van der Waals surface area contributed by atoms with Crippen LogP contribution in [0.1, 0.15) is 17.5 Å². The fourth-order valence-electron chi connectivity index (χ4n) is 2.25. The van der Waals surface area contributed by atoms with Crippen molar-refractivity contribution in [3.8, 4) is 0 Å². The molecule has 1 aliphatic heterocycles. The van der Waals surface area contributed by atoms with Gasteiger partial charge in [0.15, 0.2) is 0 Å². The third kappa shape index (κ3) is 3.96. The summed E-state index contributed by atoms with van der Waals surface area (Å²) in [5.41, 5.74) is 2.04. The highest BCUT2D eigenvalue weighted by atomic mass is 16.4. The molecule has 2 rings (SSSR count). The first-order valence-electron chi connectivity index (χ1n) is 6.55. The van der Waals surface area contributed by atoms with Crippen molar-refractivity contribution in [2.24, 2.45) is 0 Å². The molecule has 0 aromatic heterocycles. The normalized spacial score (nSPS) is 18.4. The van der Waals surface area contributed by atoms with Gasteiger partial charge in [-0.1, -0.05) is 24.3 Å². The molecule has 108 valence electrons. The molecule has 0 spiro atoms. The molecule has 1 atom stereocenters. The topological polar surface area (TPSA) is 89.9 Å². The molecule has 0 radical (unpaired) electrons. The molecule has 1 fully saturated rings. The van der Waals surface area contributed by atoms with E-state index in [0.717, 1.165) is 11.1 Å². The zero-order valence-electron chi connectivity index (χ0n) is 11.1. The monoisotopic (exact) mass is 278 g/mol. The lowest BCUT2D eigenvalue weighted by molar-refractivity contribution is -0.128. The zero-order chi connectivity index (χ0) is 14.5. The SMILES string of the molecule is O=C(O)NCCc1ccc(CN2C[C@H](O)CC2=O)cc1. The van der Waals surface area contributed by atoms with Gasteiger partial charge in [-0.2, -0.15) is 0 Å². The molecule has 0 aliphatic carbocycles. The van der Waals surface area contributed by atoms with Crippen molar-refractivity contribution in [1.29, 1.82) is 0 Å². The Balaban J connectivity index is 1.85. The van der Waals surface area contributed by atoms with Gasteiger partial charge >= 0.3 is 6.09 Å². The minimum absolute atomic E-state index is 0.0211. The summed E-state index contributed by atoms with van der Waals surface area (Å²) in [5, 5.41) is 20.2. The molecule has 1 aromatic rings. The van der Waals surface area contributed by atoms with E-state index in [9.17, 15) is 14.7 Å². The van der Waals surface area contributed by atoms with E-state index in [2.05, 4.69) is 5.32 Å². The Kier molecular flexibility index (Phi) is 4.57. The van der Waals surface area contributed by atoms with Crippen LogP contribution in [0.5, 0.6) is 0 Å². The molecule has 20 heavy (non-hydrogen) atoms. The summed E-state index contributed by atoms with van der Waals surface area (Å²) in [7, 11) is 0. The molecule has 1 heterocycles. The number of carbonyl (C=O) groups is 2. The second-order valence-electron chi connectivity index (χ2n) is 4.93. The van der Waals surface area contributed by atoms with Crippen LogP contribution in [0, 0.1) is 0 Å². The first-order valence-corrected chi connectivity index (χ1v) is 6.55. The number of amides is 2. The van der Waals surface area contributed by atoms with Gasteiger partial charge in [0.2, 0.25) is 5.91 Å². The highest BCUT2D eigenvalue weighted by molar-refractivity contribution is 5.79. The molecule has 6 nitrogen and oxygen atoms in total. The molecule has 0 bridgehead atoms. The molecule has 0 saturated carbocycles. The summed E-state index contributed by atoms with van der Waals surface area (Å²) >= 11 is 0. The number of aliphatic hydroxyl groups excluding tert-OH is 1. The number of hydrogen-bond donors (Lipinski definition) is 3. The van der Waals surface area contributed by atoms with E-state index in [1.54, 1.807) is 4.90 Å². The van der Waals surface area contributed by atoms with Gasteiger partial charge in [0.05, 0.1) is 12.5 Å². The number of β-amino-alcohol motifs (C(OH)–C–C–N with tert-alkyl or cyclic N) is 1. The van der Waals surface area contributed by atoms with Crippen LogP contribution in [0.15, 0.2) is 24.3 Å². The molecule has 1 aromatic carbocycles. The molecule has 6 heteroatoms. The van der Waals surface area contributed by atoms with Crippen LogP contribution in [0.2, 0.25) is 0 Å². The van der Waals surface area contributed by atoms with Crippen LogP contribution in [-0.4, -0.2) is 46.3 Å².